The molecule has 0 amide bonds. The van der Waals surface area contributed by atoms with Gasteiger partial charge in [0, 0.05) is 0 Å². The molecule has 0 radical (unpaired) electrons. The van der Waals surface area contributed by atoms with E-state index in [0.717, 1.165) is 0 Å². The summed E-state index contributed by atoms with van der Waals surface area (Å²) in [4.78, 5) is 0. The average molecular weight is 206 g/mol. The van der Waals surface area contributed by atoms with Gasteiger partial charge < -0.3 is 15.5 Å². The van der Waals surface area contributed by atoms with Crippen molar-refractivity contribution >= 4 is 0 Å². The molecule has 0 bridgehead atoms. The Bertz CT molecular complexity index is 76.1. The molecule has 0 unspecified atom stereocenters. The van der Waals surface area contributed by atoms with Gasteiger partial charge in [-0.2, -0.15) is 0 Å². The van der Waals surface area contributed by atoms with Crippen LogP contribution in [0.4, 0.5) is 0 Å². The Balaban J connectivity index is 0. The van der Waals surface area contributed by atoms with Gasteiger partial charge in [-0.15, -0.1) is 10.2 Å². The summed E-state index contributed by atoms with van der Waals surface area (Å²) in [6.45, 7) is 1.78. The lowest BCUT2D eigenvalue weighted by molar-refractivity contribution is -2.00. The number of quaternary nitrogens is 1. The van der Waals surface area contributed by atoms with Crippen LogP contribution < -0.4 is 24.0 Å². The quantitative estimate of drug-likeness (QED) is 0.388. The van der Waals surface area contributed by atoms with Crippen molar-refractivity contribution in [3.05, 3.63) is 0 Å². The van der Waals surface area contributed by atoms with Crippen LogP contribution in [0, 0.1) is 10.2 Å². The van der Waals surface area contributed by atoms with Gasteiger partial charge in [0.2, 0.25) is 0 Å². The van der Waals surface area contributed by atoms with Gasteiger partial charge in [0.15, 0.2) is 0 Å². The molecule has 0 aromatic rings. The van der Waals surface area contributed by atoms with Crippen molar-refractivity contribution in [1.82, 2.24) is 0 Å². The van der Waals surface area contributed by atoms with Gasteiger partial charge in [-0.1, -0.05) is 0 Å². The van der Waals surface area contributed by atoms with Crippen molar-refractivity contribution in [3.8, 4) is 0 Å². The maximum atomic E-state index is 8.49. The third-order valence-corrected chi connectivity index (χ3v) is 0.666. The lowest BCUT2D eigenvalue weighted by Gasteiger charge is -2.17. The summed E-state index contributed by atoms with van der Waals surface area (Å²) in [5.74, 6) is 0. The number of aliphatic hydroxyl groups excluding tert-OH is 2. The average Bonchev–Trinajstić information content (AvgIpc) is 1.85. The number of aliphatic hydroxyl groups is 2. The molecule has 0 aliphatic heterocycles. The van der Waals surface area contributed by atoms with E-state index in [9.17, 15) is 0 Å². The van der Waals surface area contributed by atoms with Gasteiger partial charge in [0.25, 0.3) is 0 Å². The first-order chi connectivity index (χ1) is 5.41. The van der Waals surface area contributed by atoms with Crippen molar-refractivity contribution in [2.75, 3.05) is 26.3 Å². The van der Waals surface area contributed by atoms with Crippen molar-refractivity contribution in [2.24, 2.45) is 0 Å². The zero-order valence-corrected chi connectivity index (χ0v) is 7.07. The van der Waals surface area contributed by atoms with Crippen LogP contribution in [-0.2, 0) is 0 Å². The number of hydrogen-bond acceptors (Lipinski definition) is 6. The van der Waals surface area contributed by atoms with Crippen LogP contribution in [0.2, 0.25) is 0 Å². The van der Waals surface area contributed by atoms with Crippen LogP contribution in [0.25, 0.3) is 0 Å². The zero-order valence-electron chi connectivity index (χ0n) is 6.31. The molecular formula is C4H12ClNO6. The second kappa shape index (κ2) is 9.10. The lowest BCUT2D eigenvalue weighted by atomic mass is 10.6. The van der Waals surface area contributed by atoms with Gasteiger partial charge >= 0.3 is 0 Å². The van der Waals surface area contributed by atoms with Crippen molar-refractivity contribution in [3.63, 3.8) is 0 Å². The summed E-state index contributed by atoms with van der Waals surface area (Å²) < 4.78 is 34.0. The van der Waals surface area contributed by atoms with E-state index in [4.69, 9.17) is 28.8 Å². The molecule has 0 rings (SSSR count). The predicted octanol–water partition coefficient (Wildman–Crippen LogP) is -7.22. The molecule has 76 valence electrons. The lowest BCUT2D eigenvalue weighted by Crippen LogP contribution is -2.85. The van der Waals surface area contributed by atoms with Gasteiger partial charge in [-0.3, -0.25) is 0 Å². The van der Waals surface area contributed by atoms with E-state index >= 15 is 0 Å². The molecule has 0 atom stereocenters. The molecule has 0 fully saturated rings. The monoisotopic (exact) mass is 205 g/mol. The largest absolute Gasteiger partial charge is 0.391 e. The third-order valence-electron chi connectivity index (χ3n) is 0.666. The zero-order chi connectivity index (χ0) is 10.0. The summed E-state index contributed by atoms with van der Waals surface area (Å²) in [6.07, 6.45) is 0. The van der Waals surface area contributed by atoms with E-state index in [0.29, 0.717) is 13.1 Å². The molecule has 0 saturated heterocycles. The maximum absolute atomic E-state index is 8.49. The van der Waals surface area contributed by atoms with Crippen molar-refractivity contribution in [1.29, 1.82) is 0 Å². The summed E-state index contributed by atoms with van der Waals surface area (Å²) in [7, 11) is -4.94. The molecule has 0 aromatic carbocycles. The van der Waals surface area contributed by atoms with E-state index < -0.39 is 10.2 Å². The van der Waals surface area contributed by atoms with Crippen LogP contribution in [0.1, 0.15) is 0 Å². The Hall–Kier alpha value is 0.01000. The summed E-state index contributed by atoms with van der Waals surface area (Å²) in [6, 6.07) is 0. The van der Waals surface area contributed by atoms with Crippen LogP contribution in [-0.4, -0.2) is 36.5 Å². The number of hydrogen-bond donors (Lipinski definition) is 3. The Labute approximate surface area is 71.6 Å². The molecule has 7 nitrogen and oxygen atoms in total. The number of nitrogens with two attached hydrogens (primary N) is 1. The normalized spacial score (nSPS) is 10.5. The fraction of sp³-hybridized carbons (Fsp3) is 1.00. The molecule has 0 aliphatic carbocycles. The molecule has 0 aliphatic rings. The van der Waals surface area contributed by atoms with Crippen LogP contribution in [0.5, 0.6) is 0 Å². The fourth-order valence-corrected chi connectivity index (χ4v) is 0.327. The van der Waals surface area contributed by atoms with E-state index in [1.54, 1.807) is 0 Å². The van der Waals surface area contributed by atoms with Gasteiger partial charge in [-0.05, 0) is 0 Å². The van der Waals surface area contributed by atoms with Crippen molar-refractivity contribution in [2.45, 2.75) is 0 Å². The highest BCUT2D eigenvalue weighted by Gasteiger charge is 1.84. The van der Waals surface area contributed by atoms with E-state index in [1.165, 1.54) is 0 Å². The fourth-order valence-electron chi connectivity index (χ4n) is 0.327. The Kier molecular flexibility index (Phi) is 11.0. The first-order valence-corrected chi connectivity index (χ1v) is 4.30. The van der Waals surface area contributed by atoms with Gasteiger partial charge in [-0.25, -0.2) is 18.6 Å². The third kappa shape index (κ3) is 50.5. The van der Waals surface area contributed by atoms with Crippen molar-refractivity contribution < 1.29 is 44.4 Å². The highest BCUT2D eigenvalue weighted by atomic mass is 35.7. The molecule has 8 heteroatoms. The van der Waals surface area contributed by atoms with Gasteiger partial charge in [0.1, 0.15) is 0 Å². The number of halogens is 1. The predicted molar refractivity (Wildman–Crippen MR) is 25.8 cm³/mol. The molecule has 4 N–H and O–H groups in total. The van der Waals surface area contributed by atoms with E-state index in [2.05, 4.69) is 0 Å². The second-order valence-corrected chi connectivity index (χ2v) is 2.45. The van der Waals surface area contributed by atoms with E-state index in [1.807, 2.05) is 5.32 Å². The first-order valence-electron chi connectivity index (χ1n) is 3.07. The second-order valence-electron chi connectivity index (χ2n) is 1.69. The highest BCUT2D eigenvalue weighted by Crippen LogP contribution is 1.49. The smallest absolute Gasteiger partial charge is 0.0991 e. The molecule has 0 saturated carbocycles. The summed E-state index contributed by atoms with van der Waals surface area (Å²) >= 11 is 0. The summed E-state index contributed by atoms with van der Waals surface area (Å²) in [5, 5.41) is 18.2. The molecule has 0 heterocycles. The molecule has 12 heavy (non-hydrogen) atoms. The minimum Gasteiger partial charge on any atom is -0.391 e. The first kappa shape index (κ1) is 14.5. The SMILES string of the molecule is OCC[NH2+]CCO.[O-][Cl+3]([O-])([O-])[O-]. The maximum Gasteiger partial charge on any atom is 0.0991 e. The Morgan fingerprint density at radius 1 is 0.917 bits per heavy atom. The van der Waals surface area contributed by atoms with Crippen LogP contribution >= 0.6 is 0 Å². The standard InChI is InChI=1S/C4H11NO2.ClHO4/c6-3-1-5-2-4-7;2-1(3,4)5/h5-7H,1-4H2;(H,2,3,4,5). The Morgan fingerprint density at radius 2 is 1.17 bits per heavy atom. The van der Waals surface area contributed by atoms with Gasteiger partial charge in [0.05, 0.1) is 26.3 Å². The molecular weight excluding hydrogens is 193 g/mol. The molecule has 0 spiro atoms. The number of rotatable bonds is 4. The topological polar surface area (TPSA) is 149 Å². The van der Waals surface area contributed by atoms with Crippen LogP contribution in [0.3, 0.4) is 0 Å². The molecule has 0 aromatic heterocycles. The minimum atomic E-state index is -4.94. The van der Waals surface area contributed by atoms with E-state index in [-0.39, 0.29) is 13.2 Å². The Morgan fingerprint density at radius 3 is 1.33 bits per heavy atom. The summed E-state index contributed by atoms with van der Waals surface area (Å²) in [5.41, 5.74) is 0. The van der Waals surface area contributed by atoms with Crippen LogP contribution in [0.15, 0.2) is 0 Å². The highest BCUT2D eigenvalue weighted by molar-refractivity contribution is 4.15. The minimum absolute atomic E-state index is 0.194.